The highest BCUT2D eigenvalue weighted by Gasteiger charge is 2.32. The first kappa shape index (κ1) is 36.6. The van der Waals surface area contributed by atoms with Crippen LogP contribution in [0.2, 0.25) is 0 Å². The summed E-state index contributed by atoms with van der Waals surface area (Å²) in [5.74, 6) is -2.76. The number of fused-ring (bicyclic) bond motifs is 1. The van der Waals surface area contributed by atoms with Crippen molar-refractivity contribution in [2.45, 2.75) is 72.1 Å². The molecular weight excluding hydrogens is 626 g/mol. The first-order valence-corrected chi connectivity index (χ1v) is 16.5. The van der Waals surface area contributed by atoms with Crippen molar-refractivity contribution in [2.24, 2.45) is 5.92 Å². The molecule has 49 heavy (non-hydrogen) atoms. The van der Waals surface area contributed by atoms with Gasteiger partial charge in [-0.15, -0.1) is 0 Å². The van der Waals surface area contributed by atoms with Gasteiger partial charge in [0.2, 0.25) is 23.6 Å². The molecule has 3 atom stereocenters. The number of rotatable bonds is 7. The molecule has 13 heteroatoms. The van der Waals surface area contributed by atoms with Gasteiger partial charge in [-0.25, -0.2) is 0 Å². The lowest BCUT2D eigenvalue weighted by Gasteiger charge is -2.28. The van der Waals surface area contributed by atoms with Crippen molar-refractivity contribution >= 4 is 29.5 Å². The van der Waals surface area contributed by atoms with E-state index in [1.165, 1.54) is 11.9 Å². The van der Waals surface area contributed by atoms with E-state index in [2.05, 4.69) is 26.4 Å². The maximum Gasteiger partial charge on any atom is 0.255 e. The average Bonchev–Trinajstić information content (AvgIpc) is 3.31. The number of carbonyl (C=O) groups is 5. The highest BCUT2D eigenvalue weighted by molar-refractivity contribution is 6.01. The summed E-state index contributed by atoms with van der Waals surface area (Å²) in [4.78, 5) is 68.6. The van der Waals surface area contributed by atoms with E-state index in [9.17, 15) is 24.0 Å². The number of benzene rings is 2. The van der Waals surface area contributed by atoms with Crippen LogP contribution in [0.3, 0.4) is 0 Å². The maximum atomic E-state index is 13.7. The van der Waals surface area contributed by atoms with Gasteiger partial charge in [0.25, 0.3) is 5.91 Å². The Morgan fingerprint density at radius 1 is 0.959 bits per heavy atom. The topological polar surface area (TPSA) is 164 Å². The lowest BCUT2D eigenvalue weighted by atomic mass is 10.0. The molecule has 2 aromatic carbocycles. The Labute approximate surface area is 287 Å². The molecule has 5 amide bonds. The Balaban J connectivity index is 1.62. The fraction of sp³-hybridized carbons (Fsp3) is 0.444. The molecule has 0 saturated heterocycles. The molecule has 4 N–H and O–H groups in total. The van der Waals surface area contributed by atoms with Crippen molar-refractivity contribution < 1.29 is 28.7 Å². The van der Waals surface area contributed by atoms with Crippen LogP contribution in [0.15, 0.2) is 54.6 Å². The molecule has 1 aliphatic heterocycles. The highest BCUT2D eigenvalue weighted by Crippen LogP contribution is 2.20. The van der Waals surface area contributed by atoms with E-state index in [-0.39, 0.29) is 36.9 Å². The van der Waals surface area contributed by atoms with Gasteiger partial charge < -0.3 is 30.9 Å². The SMILES string of the molecule is Cc1nn(CCNC(=O)[C@@H]2CC(=O)N[C@@H](C(C)C)C(=O)N(C)CC(=O)N[C@H](Cc3ccccc3)COc3ccccc3C(=O)N2)c(C)c1C. The highest BCUT2D eigenvalue weighted by atomic mass is 16.5. The number of hydrogen-bond acceptors (Lipinski definition) is 7. The second-order valence-corrected chi connectivity index (χ2v) is 12.8. The van der Waals surface area contributed by atoms with E-state index in [1.807, 2.05) is 51.1 Å². The first-order chi connectivity index (χ1) is 23.3. The van der Waals surface area contributed by atoms with Crippen LogP contribution in [0.5, 0.6) is 5.75 Å². The number of carbonyl (C=O) groups excluding carboxylic acids is 5. The summed E-state index contributed by atoms with van der Waals surface area (Å²) < 4.78 is 7.92. The van der Waals surface area contributed by atoms with Crippen molar-refractivity contribution in [1.82, 2.24) is 35.9 Å². The molecule has 1 aromatic heterocycles. The van der Waals surface area contributed by atoms with E-state index in [0.717, 1.165) is 22.5 Å². The third-order valence-electron chi connectivity index (χ3n) is 8.65. The van der Waals surface area contributed by atoms with Gasteiger partial charge in [-0.3, -0.25) is 28.7 Å². The fourth-order valence-electron chi connectivity index (χ4n) is 5.61. The summed E-state index contributed by atoms with van der Waals surface area (Å²) in [7, 11) is 1.50. The second-order valence-electron chi connectivity index (χ2n) is 12.8. The molecule has 262 valence electrons. The molecule has 13 nitrogen and oxygen atoms in total. The number of likely N-dealkylation sites (N-methyl/N-ethyl adjacent to an activating group) is 1. The summed E-state index contributed by atoms with van der Waals surface area (Å²) in [6.45, 7) is 9.76. The largest absolute Gasteiger partial charge is 0.491 e. The normalized spacial score (nSPS) is 19.7. The number of ether oxygens (including phenoxy) is 1. The van der Waals surface area contributed by atoms with Gasteiger partial charge in [0, 0.05) is 19.3 Å². The summed E-state index contributed by atoms with van der Waals surface area (Å²) in [5, 5.41) is 15.7. The standard InChI is InChI=1S/C36H47N7O6/c1-22(2)33-36(48)42(6)20-32(45)38-27(18-26-12-8-7-9-13-26)21-49-30-15-11-10-14-28(30)34(46)39-29(19-31(44)40-33)35(47)37-16-17-43-25(5)23(3)24(4)41-43/h7-15,22,27,29,33H,16-21H2,1-6H3,(H,37,47)(H,38,45)(H,39,46)(H,40,44)/t27-,29+,33+/m1/s1. The molecule has 0 aliphatic carbocycles. The van der Waals surface area contributed by atoms with Crippen LogP contribution in [0.25, 0.3) is 0 Å². The molecule has 0 fully saturated rings. The third kappa shape index (κ3) is 9.91. The second kappa shape index (κ2) is 16.8. The lowest BCUT2D eigenvalue weighted by Crippen LogP contribution is -2.54. The van der Waals surface area contributed by atoms with Crippen molar-refractivity contribution in [1.29, 1.82) is 0 Å². The zero-order chi connectivity index (χ0) is 35.7. The van der Waals surface area contributed by atoms with Gasteiger partial charge in [0.1, 0.15) is 24.4 Å². The van der Waals surface area contributed by atoms with Gasteiger partial charge in [-0.1, -0.05) is 56.3 Å². The van der Waals surface area contributed by atoms with Crippen LogP contribution in [-0.2, 0) is 32.1 Å². The van der Waals surface area contributed by atoms with E-state index in [4.69, 9.17) is 4.74 Å². The summed E-state index contributed by atoms with van der Waals surface area (Å²) >= 11 is 0. The Morgan fingerprint density at radius 3 is 2.33 bits per heavy atom. The minimum atomic E-state index is -1.27. The van der Waals surface area contributed by atoms with Gasteiger partial charge in [-0.05, 0) is 56.4 Å². The summed E-state index contributed by atoms with van der Waals surface area (Å²) in [6, 6.07) is 13.4. The predicted molar refractivity (Wildman–Crippen MR) is 184 cm³/mol. The number of nitrogens with zero attached hydrogens (tertiary/aromatic N) is 3. The van der Waals surface area contributed by atoms with Crippen LogP contribution in [-0.4, -0.2) is 89.1 Å². The fourth-order valence-corrected chi connectivity index (χ4v) is 5.61. The Kier molecular flexibility index (Phi) is 12.5. The quantitative estimate of drug-likeness (QED) is 0.297. The van der Waals surface area contributed by atoms with E-state index >= 15 is 0 Å². The van der Waals surface area contributed by atoms with Crippen LogP contribution in [0.1, 0.15) is 53.1 Å². The predicted octanol–water partition coefficient (Wildman–Crippen LogP) is 1.83. The van der Waals surface area contributed by atoms with Crippen LogP contribution in [0, 0.1) is 26.7 Å². The first-order valence-electron chi connectivity index (χ1n) is 16.5. The number of hydrogen-bond donors (Lipinski definition) is 4. The van der Waals surface area contributed by atoms with Crippen LogP contribution in [0.4, 0.5) is 0 Å². The number of amides is 5. The Bertz CT molecular complexity index is 1650. The molecule has 1 aliphatic rings. The molecule has 3 aromatic rings. The van der Waals surface area contributed by atoms with Crippen LogP contribution < -0.4 is 26.0 Å². The minimum Gasteiger partial charge on any atom is -0.491 e. The molecule has 4 rings (SSSR count). The smallest absolute Gasteiger partial charge is 0.255 e. The summed E-state index contributed by atoms with van der Waals surface area (Å²) in [6.07, 6.45) is 0.00216. The zero-order valence-electron chi connectivity index (χ0n) is 29.0. The van der Waals surface area contributed by atoms with Crippen LogP contribution >= 0.6 is 0 Å². The van der Waals surface area contributed by atoms with E-state index < -0.39 is 54.1 Å². The molecule has 0 unspecified atom stereocenters. The van der Waals surface area contributed by atoms with Crippen molar-refractivity contribution in [3.05, 3.63) is 82.7 Å². The third-order valence-corrected chi connectivity index (χ3v) is 8.65. The number of nitrogens with one attached hydrogen (secondary N) is 4. The van der Waals surface area contributed by atoms with Gasteiger partial charge in [0.15, 0.2) is 0 Å². The number of aryl methyl sites for hydroxylation is 1. The molecular formula is C36H47N7O6. The Morgan fingerprint density at radius 2 is 1.65 bits per heavy atom. The molecule has 0 radical (unpaired) electrons. The molecule has 0 bridgehead atoms. The number of para-hydroxylation sites is 1. The van der Waals surface area contributed by atoms with E-state index in [0.29, 0.717) is 13.0 Å². The number of aromatic nitrogens is 2. The van der Waals surface area contributed by atoms with Gasteiger partial charge in [0.05, 0.1) is 36.8 Å². The molecule has 0 spiro atoms. The van der Waals surface area contributed by atoms with Crippen molar-refractivity contribution in [3.63, 3.8) is 0 Å². The van der Waals surface area contributed by atoms with E-state index in [1.54, 1.807) is 42.8 Å². The average molecular weight is 674 g/mol. The van der Waals surface area contributed by atoms with Gasteiger partial charge in [-0.2, -0.15) is 5.10 Å². The van der Waals surface area contributed by atoms with Crippen molar-refractivity contribution in [3.8, 4) is 5.75 Å². The zero-order valence-corrected chi connectivity index (χ0v) is 29.0. The molecule has 0 saturated carbocycles. The maximum absolute atomic E-state index is 13.7. The lowest BCUT2D eigenvalue weighted by molar-refractivity contribution is -0.139. The molecule has 2 heterocycles. The monoisotopic (exact) mass is 673 g/mol. The summed E-state index contributed by atoms with van der Waals surface area (Å²) in [5.41, 5.74) is 4.06. The minimum absolute atomic E-state index is 0.0208. The van der Waals surface area contributed by atoms with Crippen molar-refractivity contribution in [2.75, 3.05) is 26.7 Å². The van der Waals surface area contributed by atoms with Gasteiger partial charge >= 0.3 is 0 Å². The Hall–Kier alpha value is -5.20.